The van der Waals surface area contributed by atoms with Crippen LogP contribution in [0.5, 0.6) is 0 Å². The first-order valence-electron chi connectivity index (χ1n) is 3.77. The topological polar surface area (TPSA) is 26.0 Å². The summed E-state index contributed by atoms with van der Waals surface area (Å²) in [6.45, 7) is 1.86. The summed E-state index contributed by atoms with van der Waals surface area (Å²) < 4.78 is 5.04. The molecule has 3 heteroatoms. The van der Waals surface area contributed by atoms with Crippen LogP contribution in [0.4, 0.5) is 0 Å². The molecular weight excluding hydrogens is 157 g/mol. The monoisotopic (exact) mass is 165 g/mol. The number of aryl methyl sites for hydroxylation is 1. The Hall–Kier alpha value is -0.973. The van der Waals surface area contributed by atoms with Gasteiger partial charge in [-0.1, -0.05) is 18.2 Å². The van der Waals surface area contributed by atoms with Crippen LogP contribution in [0.2, 0.25) is 0 Å². The summed E-state index contributed by atoms with van der Waals surface area (Å²) in [7, 11) is 0. The second kappa shape index (κ2) is 4.32. The maximum atomic E-state index is 5.04. The molecule has 0 amide bonds. The third-order valence-electron chi connectivity index (χ3n) is 1.60. The summed E-state index contributed by atoms with van der Waals surface area (Å²) in [6.07, 6.45) is 0. The van der Waals surface area contributed by atoms with E-state index in [0.717, 1.165) is 11.3 Å². The van der Waals surface area contributed by atoms with E-state index in [1.165, 1.54) is 0 Å². The average Bonchev–Trinajstić information content (AvgIpc) is 2.54. The van der Waals surface area contributed by atoms with E-state index in [2.05, 4.69) is 11.2 Å². The molecule has 0 saturated carbocycles. The molecule has 0 N–H and O–H groups in total. The van der Waals surface area contributed by atoms with Gasteiger partial charge in [-0.2, -0.15) is 6.07 Å². The number of nitrogens with zero attached hydrogens (tertiary/aromatic N) is 1. The molecule has 0 saturated heterocycles. The number of benzene rings is 1. The first kappa shape index (κ1) is 10.1. The van der Waals surface area contributed by atoms with Crippen LogP contribution in [-0.2, 0) is 0 Å². The largest absolute Gasteiger partial charge is 1.00 e. The molecule has 0 spiro atoms. The first-order chi connectivity index (χ1) is 5.86. The van der Waals surface area contributed by atoms with Gasteiger partial charge in [0.1, 0.15) is 0 Å². The molecule has 0 aliphatic rings. The molecule has 0 radical (unpaired) electrons. The SMILES string of the molecule is Cc1[c-]c(-c2ccccc2)on1.[Li+]. The zero-order valence-corrected chi connectivity index (χ0v) is 7.74. The van der Waals surface area contributed by atoms with Crippen LogP contribution < -0.4 is 18.9 Å². The predicted molar refractivity (Wildman–Crippen MR) is 45.5 cm³/mol. The number of aromatic nitrogens is 1. The summed E-state index contributed by atoms with van der Waals surface area (Å²) in [5, 5.41) is 3.76. The Kier molecular flexibility index (Phi) is 3.36. The summed E-state index contributed by atoms with van der Waals surface area (Å²) in [6, 6.07) is 12.8. The van der Waals surface area contributed by atoms with E-state index in [-0.39, 0.29) is 18.9 Å². The Morgan fingerprint density at radius 3 is 2.46 bits per heavy atom. The van der Waals surface area contributed by atoms with Crippen LogP contribution in [-0.4, -0.2) is 5.16 Å². The van der Waals surface area contributed by atoms with Crippen LogP contribution >= 0.6 is 0 Å². The van der Waals surface area contributed by atoms with Gasteiger partial charge in [-0.3, -0.25) is 0 Å². The molecule has 0 fully saturated rings. The smallest absolute Gasteiger partial charge is 0.397 e. The Morgan fingerprint density at radius 1 is 1.23 bits per heavy atom. The zero-order chi connectivity index (χ0) is 8.39. The third-order valence-corrected chi connectivity index (χ3v) is 1.60. The van der Waals surface area contributed by atoms with Crippen molar-refractivity contribution in [1.29, 1.82) is 0 Å². The number of hydrogen-bond acceptors (Lipinski definition) is 2. The molecule has 2 aromatic rings. The van der Waals surface area contributed by atoms with Crippen molar-refractivity contribution in [2.24, 2.45) is 0 Å². The molecule has 1 heterocycles. The Labute approximate surface area is 89.1 Å². The van der Waals surface area contributed by atoms with Gasteiger partial charge in [0.25, 0.3) is 0 Å². The second-order valence-corrected chi connectivity index (χ2v) is 2.59. The van der Waals surface area contributed by atoms with E-state index in [9.17, 15) is 0 Å². The van der Waals surface area contributed by atoms with Crippen molar-refractivity contribution in [2.45, 2.75) is 6.92 Å². The van der Waals surface area contributed by atoms with Crippen LogP contribution in [0, 0.1) is 13.0 Å². The van der Waals surface area contributed by atoms with Gasteiger partial charge in [-0.25, -0.2) is 0 Å². The van der Waals surface area contributed by atoms with E-state index in [1.54, 1.807) is 0 Å². The van der Waals surface area contributed by atoms with Crippen LogP contribution in [0.1, 0.15) is 5.69 Å². The molecule has 1 aromatic heterocycles. The van der Waals surface area contributed by atoms with Crippen LogP contribution in [0.25, 0.3) is 11.3 Å². The predicted octanol–water partition coefficient (Wildman–Crippen LogP) is -0.546. The Balaban J connectivity index is 0.000000845. The molecule has 1 aromatic carbocycles. The van der Waals surface area contributed by atoms with Crippen molar-refractivity contribution in [2.75, 3.05) is 0 Å². The fourth-order valence-electron chi connectivity index (χ4n) is 1.04. The van der Waals surface area contributed by atoms with Gasteiger partial charge in [0.2, 0.25) is 0 Å². The molecule has 13 heavy (non-hydrogen) atoms. The summed E-state index contributed by atoms with van der Waals surface area (Å²) in [5.74, 6) is 0.702. The molecule has 2 rings (SSSR count). The van der Waals surface area contributed by atoms with E-state index < -0.39 is 0 Å². The minimum Gasteiger partial charge on any atom is -0.397 e. The summed E-state index contributed by atoms with van der Waals surface area (Å²) in [4.78, 5) is 0. The molecule has 60 valence electrons. The molecular formula is C10H8LiNO. The molecule has 0 bridgehead atoms. The average molecular weight is 165 g/mol. The number of rotatable bonds is 1. The van der Waals surface area contributed by atoms with Gasteiger partial charge >= 0.3 is 18.9 Å². The maximum Gasteiger partial charge on any atom is 1.00 e. The fourth-order valence-corrected chi connectivity index (χ4v) is 1.04. The van der Waals surface area contributed by atoms with Crippen molar-refractivity contribution >= 4 is 0 Å². The van der Waals surface area contributed by atoms with Crippen LogP contribution in [0.3, 0.4) is 0 Å². The van der Waals surface area contributed by atoms with Crippen molar-refractivity contribution in [1.82, 2.24) is 5.16 Å². The molecule has 0 aliphatic heterocycles. The third kappa shape index (κ3) is 2.24. The van der Waals surface area contributed by atoms with Gasteiger partial charge in [0, 0.05) is 0 Å². The van der Waals surface area contributed by atoms with Crippen LogP contribution in [0.15, 0.2) is 34.9 Å². The minimum absolute atomic E-state index is 0. The second-order valence-electron chi connectivity index (χ2n) is 2.59. The standard InChI is InChI=1S/C10H8NO.Li/c1-8-7-10(12-11-8)9-5-3-2-4-6-9;/h2-6H,1H3;/q-1;+1. The number of hydrogen-bond donors (Lipinski definition) is 0. The van der Waals surface area contributed by atoms with Gasteiger partial charge < -0.3 is 4.52 Å². The van der Waals surface area contributed by atoms with Gasteiger partial charge in [0.15, 0.2) is 0 Å². The van der Waals surface area contributed by atoms with Gasteiger partial charge in [-0.15, -0.1) is 22.9 Å². The fraction of sp³-hybridized carbons (Fsp3) is 0.100. The van der Waals surface area contributed by atoms with Gasteiger partial charge in [-0.05, 0) is 18.4 Å². The first-order valence-corrected chi connectivity index (χ1v) is 3.77. The zero-order valence-electron chi connectivity index (χ0n) is 7.74. The van der Waals surface area contributed by atoms with Gasteiger partial charge in [0.05, 0.1) is 0 Å². The van der Waals surface area contributed by atoms with Crippen molar-refractivity contribution in [3.8, 4) is 11.3 Å². The normalized spacial score (nSPS) is 9.31. The van der Waals surface area contributed by atoms with E-state index in [1.807, 2.05) is 37.3 Å². The van der Waals surface area contributed by atoms with Crippen molar-refractivity contribution in [3.63, 3.8) is 0 Å². The Bertz CT molecular complexity index is 369. The summed E-state index contributed by atoms with van der Waals surface area (Å²) in [5.41, 5.74) is 1.80. The Morgan fingerprint density at radius 2 is 1.92 bits per heavy atom. The van der Waals surface area contributed by atoms with E-state index in [4.69, 9.17) is 4.52 Å². The van der Waals surface area contributed by atoms with E-state index in [0.29, 0.717) is 5.76 Å². The van der Waals surface area contributed by atoms with Crippen molar-refractivity contribution in [3.05, 3.63) is 42.1 Å². The minimum atomic E-state index is 0. The maximum absolute atomic E-state index is 5.04. The van der Waals surface area contributed by atoms with E-state index >= 15 is 0 Å². The quantitative estimate of drug-likeness (QED) is 0.418. The molecule has 0 atom stereocenters. The van der Waals surface area contributed by atoms with Crippen molar-refractivity contribution < 1.29 is 23.4 Å². The summed E-state index contributed by atoms with van der Waals surface area (Å²) >= 11 is 0. The molecule has 0 unspecified atom stereocenters. The molecule has 0 aliphatic carbocycles. The molecule has 2 nitrogen and oxygen atoms in total.